The highest BCUT2D eigenvalue weighted by molar-refractivity contribution is 5.97. The van der Waals surface area contributed by atoms with Gasteiger partial charge in [-0.1, -0.05) is 49.7 Å². The number of methoxy groups -OCH3 is 1. The summed E-state index contributed by atoms with van der Waals surface area (Å²) in [6.07, 6.45) is 3.35. The molecule has 2 aromatic rings. The van der Waals surface area contributed by atoms with E-state index in [2.05, 4.69) is 29.4 Å². The molecule has 0 saturated carbocycles. The number of carbonyl (C=O) groups excluding carboxylic acids is 2. The summed E-state index contributed by atoms with van der Waals surface area (Å²) < 4.78 is 16.0. The molecular formula is C26H38N2O6. The fraction of sp³-hybridized carbons (Fsp3) is 0.500. The highest BCUT2D eigenvalue weighted by Gasteiger charge is 2.24. The lowest BCUT2D eigenvalue weighted by molar-refractivity contribution is -0.151. The number of rotatable bonds is 11. The number of nitrogens with zero attached hydrogens (tertiary/aromatic N) is 1. The van der Waals surface area contributed by atoms with Crippen molar-refractivity contribution in [2.24, 2.45) is 0 Å². The van der Waals surface area contributed by atoms with E-state index in [-0.39, 0.29) is 29.4 Å². The lowest BCUT2D eigenvalue weighted by Gasteiger charge is -2.22. The summed E-state index contributed by atoms with van der Waals surface area (Å²) in [5.41, 5.74) is 1.10. The average Bonchev–Trinajstić information content (AvgIpc) is 2.82. The van der Waals surface area contributed by atoms with E-state index in [4.69, 9.17) is 14.2 Å². The number of hydrogen-bond acceptors (Lipinski definition) is 7. The van der Waals surface area contributed by atoms with Gasteiger partial charge < -0.3 is 24.6 Å². The van der Waals surface area contributed by atoms with Gasteiger partial charge in [-0.2, -0.15) is 0 Å². The summed E-state index contributed by atoms with van der Waals surface area (Å²) in [6, 6.07) is 10.8. The molecule has 1 aromatic carbocycles. The quantitative estimate of drug-likeness (QED) is 0.464. The molecule has 2 rings (SSSR count). The van der Waals surface area contributed by atoms with Crippen LogP contribution in [-0.2, 0) is 14.3 Å². The Morgan fingerprint density at radius 3 is 2.32 bits per heavy atom. The molecule has 3 atom stereocenters. The second-order valence-corrected chi connectivity index (χ2v) is 7.94. The van der Waals surface area contributed by atoms with Gasteiger partial charge in [0.05, 0.1) is 13.2 Å². The van der Waals surface area contributed by atoms with Crippen LogP contribution in [0.2, 0.25) is 0 Å². The van der Waals surface area contributed by atoms with Crippen molar-refractivity contribution in [3.8, 4) is 11.5 Å². The van der Waals surface area contributed by atoms with Crippen LogP contribution in [0, 0.1) is 6.92 Å². The average molecular weight is 475 g/mol. The van der Waals surface area contributed by atoms with Gasteiger partial charge in [0, 0.05) is 25.3 Å². The minimum Gasteiger partial charge on any atom is -0.503 e. The van der Waals surface area contributed by atoms with Gasteiger partial charge in [-0.3, -0.25) is 4.79 Å². The van der Waals surface area contributed by atoms with Crippen LogP contribution in [0.3, 0.4) is 0 Å². The van der Waals surface area contributed by atoms with Crippen molar-refractivity contribution in [1.82, 2.24) is 10.3 Å². The zero-order chi connectivity index (χ0) is 25.5. The van der Waals surface area contributed by atoms with E-state index in [1.807, 2.05) is 32.0 Å². The van der Waals surface area contributed by atoms with Gasteiger partial charge in [-0.15, -0.1) is 0 Å². The highest BCUT2D eigenvalue weighted by Crippen LogP contribution is 2.27. The molecule has 0 aliphatic carbocycles. The van der Waals surface area contributed by atoms with Gasteiger partial charge in [-0.25, -0.2) is 9.78 Å². The van der Waals surface area contributed by atoms with E-state index < -0.39 is 17.9 Å². The number of amides is 1. The number of carbonyl (C=O) groups is 2. The van der Waals surface area contributed by atoms with Crippen LogP contribution in [0.1, 0.15) is 63.0 Å². The van der Waals surface area contributed by atoms with E-state index in [0.717, 1.165) is 12.8 Å². The first-order valence-corrected chi connectivity index (χ1v) is 11.6. The molecule has 0 fully saturated rings. The molecule has 8 heteroatoms. The third kappa shape index (κ3) is 10.2. The maximum absolute atomic E-state index is 12.3. The topological polar surface area (TPSA) is 107 Å². The molecule has 0 bridgehead atoms. The Kier molecular flexibility index (Phi) is 13.3. The van der Waals surface area contributed by atoms with Gasteiger partial charge in [0.2, 0.25) is 0 Å². The summed E-state index contributed by atoms with van der Waals surface area (Å²) in [6.45, 7) is 10.1. The fourth-order valence-corrected chi connectivity index (χ4v) is 2.98. The van der Waals surface area contributed by atoms with Crippen LogP contribution in [0.25, 0.3) is 0 Å². The Labute approximate surface area is 202 Å². The minimum absolute atomic E-state index is 0.0237. The van der Waals surface area contributed by atoms with E-state index in [0.29, 0.717) is 13.0 Å². The second kappa shape index (κ2) is 15.7. The monoisotopic (exact) mass is 474 g/mol. The summed E-state index contributed by atoms with van der Waals surface area (Å²) in [4.78, 5) is 28.3. The normalized spacial score (nSPS) is 13.0. The smallest absolute Gasteiger partial charge is 0.328 e. The third-order valence-corrected chi connectivity index (χ3v) is 4.89. The molecule has 188 valence electrons. The number of aromatic nitrogens is 1. The summed E-state index contributed by atoms with van der Waals surface area (Å²) in [5, 5.41) is 12.4. The van der Waals surface area contributed by atoms with E-state index >= 15 is 0 Å². The first-order chi connectivity index (χ1) is 16.2. The third-order valence-electron chi connectivity index (χ3n) is 4.89. The van der Waals surface area contributed by atoms with Gasteiger partial charge in [-0.05, 0) is 33.6 Å². The first-order valence-electron chi connectivity index (χ1n) is 11.6. The van der Waals surface area contributed by atoms with Crippen LogP contribution >= 0.6 is 0 Å². The van der Waals surface area contributed by atoms with Crippen LogP contribution in [0.15, 0.2) is 42.6 Å². The van der Waals surface area contributed by atoms with Crippen molar-refractivity contribution in [1.29, 1.82) is 0 Å². The van der Waals surface area contributed by atoms with Gasteiger partial charge in [0.1, 0.15) is 12.1 Å². The lowest BCUT2D eigenvalue weighted by Crippen LogP contribution is -2.41. The highest BCUT2D eigenvalue weighted by atomic mass is 16.5. The predicted molar refractivity (Wildman–Crippen MR) is 131 cm³/mol. The Balaban J connectivity index is 0.000000700. The van der Waals surface area contributed by atoms with Crippen molar-refractivity contribution in [2.75, 3.05) is 13.7 Å². The van der Waals surface area contributed by atoms with Gasteiger partial charge in [0.25, 0.3) is 5.91 Å². The molecule has 0 aliphatic heterocycles. The molecule has 2 N–H and O–H groups in total. The Morgan fingerprint density at radius 1 is 1.12 bits per heavy atom. The molecule has 0 aliphatic rings. The zero-order valence-corrected chi connectivity index (χ0v) is 21.0. The molecule has 0 saturated heterocycles. The Hall–Kier alpha value is -3.13. The van der Waals surface area contributed by atoms with Crippen LogP contribution < -0.4 is 10.1 Å². The van der Waals surface area contributed by atoms with E-state index in [1.165, 1.54) is 31.9 Å². The number of pyridine rings is 1. The number of hydrogen-bond donors (Lipinski definition) is 2. The van der Waals surface area contributed by atoms with Crippen molar-refractivity contribution in [2.45, 2.75) is 72.1 Å². The summed E-state index contributed by atoms with van der Waals surface area (Å²) in [5.74, 6) is -1.52. The summed E-state index contributed by atoms with van der Waals surface area (Å²) in [7, 11) is 1.37. The minimum atomic E-state index is -0.899. The number of aryl methyl sites for hydroxylation is 1. The molecule has 1 amide bonds. The van der Waals surface area contributed by atoms with Gasteiger partial charge in [0.15, 0.2) is 17.2 Å². The van der Waals surface area contributed by atoms with Gasteiger partial charge >= 0.3 is 5.97 Å². The number of ether oxygens (including phenoxy) is 3. The molecule has 34 heavy (non-hydrogen) atoms. The lowest BCUT2D eigenvalue weighted by atomic mass is 10.1. The number of benzene rings is 1. The standard InChI is InChI=1S/C19H30N2O6.C7H8/c1-6-10-26-14(7-2)11-12(3)27-19(24)13(4)21-18(23)16-17(22)15(25-5)8-9-20-16;1-7-5-3-2-4-6-7/h8-9,12-14,22H,6-7,10-11H2,1-5H3,(H,21,23);2-6H,1H3. The molecule has 1 heterocycles. The van der Waals surface area contributed by atoms with Crippen molar-refractivity contribution < 1.29 is 28.9 Å². The maximum atomic E-state index is 12.3. The molecule has 0 spiro atoms. The van der Waals surface area contributed by atoms with Crippen molar-refractivity contribution in [3.63, 3.8) is 0 Å². The van der Waals surface area contributed by atoms with Crippen LogP contribution in [-0.4, -0.2) is 53.9 Å². The molecule has 3 unspecified atom stereocenters. The molecule has 1 aromatic heterocycles. The fourth-order valence-electron chi connectivity index (χ4n) is 2.98. The summed E-state index contributed by atoms with van der Waals surface area (Å²) >= 11 is 0. The molecule has 8 nitrogen and oxygen atoms in total. The zero-order valence-electron chi connectivity index (χ0n) is 21.0. The predicted octanol–water partition coefficient (Wildman–Crippen LogP) is 4.44. The molecule has 0 radical (unpaired) electrons. The number of nitrogens with one attached hydrogen (secondary N) is 1. The van der Waals surface area contributed by atoms with Crippen LogP contribution in [0.4, 0.5) is 0 Å². The number of aromatic hydroxyl groups is 1. The SMILES string of the molecule is CCCOC(CC)CC(C)OC(=O)C(C)NC(=O)c1nccc(OC)c1O.Cc1ccccc1. The van der Waals surface area contributed by atoms with E-state index in [9.17, 15) is 14.7 Å². The maximum Gasteiger partial charge on any atom is 0.328 e. The second-order valence-electron chi connectivity index (χ2n) is 7.94. The number of esters is 1. The molecular weight excluding hydrogens is 436 g/mol. The Bertz CT molecular complexity index is 875. The van der Waals surface area contributed by atoms with E-state index in [1.54, 1.807) is 6.92 Å². The largest absolute Gasteiger partial charge is 0.503 e. The van der Waals surface area contributed by atoms with Crippen molar-refractivity contribution in [3.05, 3.63) is 53.9 Å². The van der Waals surface area contributed by atoms with Crippen LogP contribution in [0.5, 0.6) is 11.5 Å². The first kappa shape index (κ1) is 28.9. The van der Waals surface area contributed by atoms with Crippen molar-refractivity contribution >= 4 is 11.9 Å². The Morgan fingerprint density at radius 2 is 1.79 bits per heavy atom.